The highest BCUT2D eigenvalue weighted by Gasteiger charge is 2.54. The normalized spacial score (nSPS) is 21.3. The Morgan fingerprint density at radius 2 is 2.10 bits per heavy atom. The fourth-order valence-electron chi connectivity index (χ4n) is 3.25. The number of aromatic hydroxyl groups is 1. The summed E-state index contributed by atoms with van der Waals surface area (Å²) in [5.41, 5.74) is 8.62. The van der Waals surface area contributed by atoms with Gasteiger partial charge in [0.1, 0.15) is 34.4 Å². The number of hydrogen-bond acceptors (Lipinski definition) is 10. The number of fused-ring (bicyclic) bond motifs is 1. The van der Waals surface area contributed by atoms with Gasteiger partial charge >= 0.3 is 5.97 Å². The van der Waals surface area contributed by atoms with Crippen molar-refractivity contribution in [2.75, 3.05) is 11.5 Å². The molecule has 2 amide bonds. The van der Waals surface area contributed by atoms with Gasteiger partial charge in [0.15, 0.2) is 4.34 Å². The predicted molar refractivity (Wildman–Crippen MR) is 115 cm³/mol. The fraction of sp³-hybridized carbons (Fsp3) is 0.278. The van der Waals surface area contributed by atoms with Crippen LogP contribution in [-0.2, 0) is 14.4 Å². The number of amides is 2. The van der Waals surface area contributed by atoms with Crippen molar-refractivity contribution in [3.8, 4) is 5.75 Å². The molecule has 162 valence electrons. The standard InChI is InChI=1S/C18H17N5O5S3/c19-11(8-1-3-10(24)4-2-8)14(25)21-12-15(26)23-13(17(27)28)9(5-29-16(12)23)6-30-18-22-20-7-31-18/h1-4,7,11-12,16,24H,5-6,19H2,(H,21,25)(H,27,28)/t11?,12?,16-/m0/s1. The van der Waals surface area contributed by atoms with Gasteiger partial charge in [0, 0.05) is 11.5 Å². The minimum Gasteiger partial charge on any atom is -0.508 e. The van der Waals surface area contributed by atoms with Crippen molar-refractivity contribution in [2.45, 2.75) is 21.8 Å². The zero-order chi connectivity index (χ0) is 22.1. The Bertz CT molecular complexity index is 1040. The average molecular weight is 480 g/mol. The lowest BCUT2D eigenvalue weighted by Crippen LogP contribution is -2.71. The van der Waals surface area contributed by atoms with Crippen LogP contribution in [0.2, 0.25) is 0 Å². The largest absolute Gasteiger partial charge is 0.508 e. The summed E-state index contributed by atoms with van der Waals surface area (Å²) in [7, 11) is 0. The third-order valence-electron chi connectivity index (χ3n) is 4.79. The number of benzene rings is 1. The molecule has 31 heavy (non-hydrogen) atoms. The number of nitrogens with zero attached hydrogens (tertiary/aromatic N) is 3. The molecule has 0 bridgehead atoms. The summed E-state index contributed by atoms with van der Waals surface area (Å²) in [6.45, 7) is 0. The number of phenols is 1. The quantitative estimate of drug-likeness (QED) is 0.330. The van der Waals surface area contributed by atoms with Gasteiger partial charge < -0.3 is 21.3 Å². The summed E-state index contributed by atoms with van der Waals surface area (Å²) in [4.78, 5) is 38.4. The summed E-state index contributed by atoms with van der Waals surface area (Å²) in [6, 6.07) is 4.01. The predicted octanol–water partition coefficient (Wildman–Crippen LogP) is 0.774. The maximum absolute atomic E-state index is 12.7. The molecule has 0 aliphatic carbocycles. The number of nitrogens with one attached hydrogen (secondary N) is 1. The second-order valence-corrected chi connectivity index (χ2v) is 9.88. The highest BCUT2D eigenvalue weighted by molar-refractivity contribution is 8.01. The molecule has 13 heteroatoms. The van der Waals surface area contributed by atoms with E-state index in [0.29, 0.717) is 27.0 Å². The van der Waals surface area contributed by atoms with E-state index in [1.165, 1.54) is 64.0 Å². The second kappa shape index (κ2) is 8.86. The number of phenolic OH excluding ortho intramolecular Hbond substituents is 1. The lowest BCUT2D eigenvalue weighted by Gasteiger charge is -2.49. The van der Waals surface area contributed by atoms with E-state index in [2.05, 4.69) is 15.5 Å². The Kier molecular flexibility index (Phi) is 6.18. The van der Waals surface area contributed by atoms with E-state index in [4.69, 9.17) is 5.73 Å². The van der Waals surface area contributed by atoms with Gasteiger partial charge in [-0.1, -0.05) is 35.2 Å². The number of carboxylic acid groups (broad SMARTS) is 1. The molecule has 3 heterocycles. The molecule has 0 radical (unpaired) electrons. The first-order chi connectivity index (χ1) is 14.9. The zero-order valence-electron chi connectivity index (χ0n) is 15.8. The average Bonchev–Trinajstić information content (AvgIpc) is 3.28. The monoisotopic (exact) mass is 479 g/mol. The minimum atomic E-state index is -1.18. The molecule has 10 nitrogen and oxygen atoms in total. The molecule has 1 fully saturated rings. The van der Waals surface area contributed by atoms with Crippen LogP contribution < -0.4 is 11.1 Å². The van der Waals surface area contributed by atoms with Gasteiger partial charge in [-0.15, -0.1) is 22.0 Å². The van der Waals surface area contributed by atoms with Crippen molar-refractivity contribution in [3.63, 3.8) is 0 Å². The Labute approximate surface area is 188 Å². The molecule has 1 aromatic carbocycles. The van der Waals surface area contributed by atoms with Crippen LogP contribution in [-0.4, -0.2) is 66.0 Å². The number of hydrogen-bond donors (Lipinski definition) is 4. The van der Waals surface area contributed by atoms with Gasteiger partial charge in [-0.05, 0) is 23.3 Å². The number of nitrogens with two attached hydrogens (primary N) is 1. The number of β-lactam (4-membered cyclic amide) rings is 1. The second-order valence-electron chi connectivity index (χ2n) is 6.72. The van der Waals surface area contributed by atoms with Crippen LogP contribution in [0.5, 0.6) is 5.75 Å². The van der Waals surface area contributed by atoms with Gasteiger partial charge in [-0.2, -0.15) is 0 Å². The zero-order valence-corrected chi connectivity index (χ0v) is 18.2. The molecule has 5 N–H and O–H groups in total. The maximum Gasteiger partial charge on any atom is 0.352 e. The minimum absolute atomic E-state index is 0.0425. The van der Waals surface area contributed by atoms with Crippen LogP contribution in [0.3, 0.4) is 0 Å². The molecular weight excluding hydrogens is 462 g/mol. The molecule has 2 aliphatic heterocycles. The Morgan fingerprint density at radius 3 is 2.74 bits per heavy atom. The smallest absolute Gasteiger partial charge is 0.352 e. The number of carbonyl (C=O) groups excluding carboxylic acids is 2. The summed E-state index contributed by atoms with van der Waals surface area (Å²) >= 11 is 4.11. The van der Waals surface area contributed by atoms with Crippen LogP contribution in [0.25, 0.3) is 0 Å². The lowest BCUT2D eigenvalue weighted by molar-refractivity contribution is -0.150. The molecule has 2 aliphatic rings. The van der Waals surface area contributed by atoms with Gasteiger partial charge in [-0.3, -0.25) is 14.5 Å². The van der Waals surface area contributed by atoms with Crippen molar-refractivity contribution in [3.05, 3.63) is 46.6 Å². The van der Waals surface area contributed by atoms with E-state index in [-0.39, 0.29) is 11.4 Å². The first-order valence-corrected chi connectivity index (χ1v) is 11.9. The fourth-order valence-corrected chi connectivity index (χ4v) is 6.22. The van der Waals surface area contributed by atoms with Crippen molar-refractivity contribution >= 4 is 52.6 Å². The molecule has 3 atom stereocenters. The van der Waals surface area contributed by atoms with Gasteiger partial charge in [0.25, 0.3) is 5.91 Å². The number of carboxylic acids is 1. The number of aromatic nitrogens is 2. The van der Waals surface area contributed by atoms with Crippen LogP contribution in [0.15, 0.2) is 45.4 Å². The van der Waals surface area contributed by atoms with E-state index in [1.54, 1.807) is 5.51 Å². The van der Waals surface area contributed by atoms with Crippen LogP contribution >= 0.6 is 34.9 Å². The van der Waals surface area contributed by atoms with Crippen molar-refractivity contribution in [1.82, 2.24) is 20.4 Å². The van der Waals surface area contributed by atoms with Gasteiger partial charge in [0.05, 0.1) is 0 Å². The van der Waals surface area contributed by atoms with Crippen molar-refractivity contribution in [2.24, 2.45) is 5.73 Å². The molecular formula is C18H17N5O5S3. The third kappa shape index (κ3) is 4.26. The van der Waals surface area contributed by atoms with Crippen LogP contribution in [0.4, 0.5) is 0 Å². The van der Waals surface area contributed by atoms with Crippen LogP contribution in [0, 0.1) is 0 Å². The van der Waals surface area contributed by atoms with Crippen molar-refractivity contribution in [1.29, 1.82) is 0 Å². The van der Waals surface area contributed by atoms with E-state index < -0.39 is 35.2 Å². The van der Waals surface area contributed by atoms with Gasteiger partial charge in [-0.25, -0.2) is 4.79 Å². The first-order valence-electron chi connectivity index (χ1n) is 9.00. The molecule has 0 spiro atoms. The highest BCUT2D eigenvalue weighted by atomic mass is 32.2. The van der Waals surface area contributed by atoms with E-state index >= 15 is 0 Å². The Balaban J connectivity index is 1.45. The van der Waals surface area contributed by atoms with E-state index in [0.717, 1.165) is 0 Å². The molecule has 2 unspecified atom stereocenters. The van der Waals surface area contributed by atoms with E-state index in [1.807, 2.05) is 0 Å². The molecule has 2 aromatic rings. The highest BCUT2D eigenvalue weighted by Crippen LogP contribution is 2.41. The summed E-state index contributed by atoms with van der Waals surface area (Å²) in [6.07, 6.45) is 0. The van der Waals surface area contributed by atoms with E-state index in [9.17, 15) is 24.6 Å². The lowest BCUT2D eigenvalue weighted by atomic mass is 10.0. The number of thioether (sulfide) groups is 2. The van der Waals surface area contributed by atoms with Crippen molar-refractivity contribution < 1.29 is 24.6 Å². The summed E-state index contributed by atoms with van der Waals surface area (Å²) < 4.78 is 0.715. The topological polar surface area (TPSA) is 159 Å². The Hall–Kier alpha value is -2.61. The summed E-state index contributed by atoms with van der Waals surface area (Å²) in [5.74, 6) is -1.38. The number of rotatable bonds is 7. The van der Waals surface area contributed by atoms with Gasteiger partial charge in [0.2, 0.25) is 5.91 Å². The summed E-state index contributed by atoms with van der Waals surface area (Å²) in [5, 5.41) is 28.9. The molecule has 0 saturated carbocycles. The number of aliphatic carboxylic acids is 1. The van der Waals surface area contributed by atoms with Crippen LogP contribution in [0.1, 0.15) is 11.6 Å². The number of carbonyl (C=O) groups is 3. The first kappa shape index (κ1) is 21.6. The molecule has 1 saturated heterocycles. The molecule has 1 aromatic heterocycles. The third-order valence-corrected chi connectivity index (χ3v) is 8.08. The maximum atomic E-state index is 12.7. The Morgan fingerprint density at radius 1 is 1.35 bits per heavy atom. The SMILES string of the molecule is NC(C(=O)NC1C(=O)N2C(C(=O)O)=C(CSc3nncs3)CS[C@@H]12)c1ccc(O)cc1. The molecule has 4 rings (SSSR count).